The highest BCUT2D eigenvalue weighted by Gasteiger charge is 2.59. The number of rotatable bonds is 8. The van der Waals surface area contributed by atoms with E-state index in [1.165, 1.54) is 44.1 Å². The minimum Gasteiger partial charge on any atom is -0.393 e. The molecule has 4 aliphatic rings. The number of hydrogen-bond acceptors (Lipinski definition) is 3. The van der Waals surface area contributed by atoms with Crippen LogP contribution < -0.4 is 0 Å². The van der Waals surface area contributed by atoms with Crippen molar-refractivity contribution in [2.75, 3.05) is 0 Å². The molecule has 0 aliphatic heterocycles. The van der Waals surface area contributed by atoms with E-state index < -0.39 is 17.8 Å². The highest BCUT2D eigenvalue weighted by molar-refractivity contribution is 5.40. The van der Waals surface area contributed by atoms with Crippen molar-refractivity contribution in [1.82, 2.24) is 0 Å². The van der Waals surface area contributed by atoms with Crippen molar-refractivity contribution in [3.8, 4) is 0 Å². The summed E-state index contributed by atoms with van der Waals surface area (Å²) in [5.74, 6) is 3.15. The predicted octanol–water partition coefficient (Wildman–Crippen LogP) is 6.81. The highest BCUT2D eigenvalue weighted by atomic mass is 16.3. The third kappa shape index (κ3) is 4.59. The van der Waals surface area contributed by atoms with Gasteiger partial charge >= 0.3 is 0 Å². The monoisotopic (exact) mass is 472 g/mol. The SMILES string of the molecule is CCCC[C@@H](CCC(C)(C)O)[C@H](C)[C@H]1CC[C@H]2C3=CC=C4C[C@@H](O)C[C@H](O)[C@]4(C)C3CC[C@]12C. The fraction of sp³-hybridized carbons (Fsp3) is 0.871. The van der Waals surface area contributed by atoms with Crippen molar-refractivity contribution in [2.24, 2.45) is 40.4 Å². The topological polar surface area (TPSA) is 60.7 Å². The highest BCUT2D eigenvalue weighted by Crippen LogP contribution is 2.66. The lowest BCUT2D eigenvalue weighted by Crippen LogP contribution is -2.52. The second-order valence-corrected chi connectivity index (χ2v) is 13.7. The van der Waals surface area contributed by atoms with Crippen molar-refractivity contribution in [1.29, 1.82) is 0 Å². The van der Waals surface area contributed by atoms with Crippen LogP contribution in [0.4, 0.5) is 0 Å². The van der Waals surface area contributed by atoms with E-state index in [1.54, 1.807) is 5.57 Å². The number of fused-ring (bicyclic) bond motifs is 5. The molecule has 34 heavy (non-hydrogen) atoms. The van der Waals surface area contributed by atoms with Gasteiger partial charge in [-0.1, -0.05) is 70.3 Å². The van der Waals surface area contributed by atoms with E-state index in [2.05, 4.69) is 39.8 Å². The molecule has 0 amide bonds. The lowest BCUT2D eigenvalue weighted by molar-refractivity contribution is -0.0558. The Kier molecular flexibility index (Phi) is 7.52. The molecule has 0 aromatic carbocycles. The smallest absolute Gasteiger partial charge is 0.0661 e. The summed E-state index contributed by atoms with van der Waals surface area (Å²) >= 11 is 0. The molecule has 3 heteroatoms. The van der Waals surface area contributed by atoms with E-state index in [0.29, 0.717) is 35.5 Å². The van der Waals surface area contributed by atoms with Crippen molar-refractivity contribution in [2.45, 2.75) is 130 Å². The van der Waals surface area contributed by atoms with Gasteiger partial charge in [0.25, 0.3) is 0 Å². The zero-order valence-corrected chi connectivity index (χ0v) is 22.8. The molecule has 1 unspecified atom stereocenters. The maximum absolute atomic E-state index is 11.1. The first-order valence-electron chi connectivity index (χ1n) is 14.4. The molecule has 0 radical (unpaired) electrons. The summed E-state index contributed by atoms with van der Waals surface area (Å²) in [6.45, 7) is 13.6. The molecule has 4 rings (SSSR count). The van der Waals surface area contributed by atoms with E-state index in [0.717, 1.165) is 31.6 Å². The van der Waals surface area contributed by atoms with Crippen LogP contribution in [0.3, 0.4) is 0 Å². The maximum atomic E-state index is 11.1. The minimum absolute atomic E-state index is 0.204. The molecular weight excluding hydrogens is 420 g/mol. The summed E-state index contributed by atoms with van der Waals surface area (Å²) in [5, 5.41) is 31.8. The average Bonchev–Trinajstić information content (AvgIpc) is 3.11. The van der Waals surface area contributed by atoms with Gasteiger partial charge < -0.3 is 15.3 Å². The van der Waals surface area contributed by atoms with Crippen molar-refractivity contribution in [3.05, 3.63) is 23.3 Å². The van der Waals surface area contributed by atoms with Gasteiger partial charge in [0.2, 0.25) is 0 Å². The van der Waals surface area contributed by atoms with Gasteiger partial charge in [0.05, 0.1) is 17.8 Å². The van der Waals surface area contributed by atoms with Gasteiger partial charge in [-0.15, -0.1) is 0 Å². The molecule has 0 heterocycles. The lowest BCUT2D eigenvalue weighted by atomic mass is 9.49. The summed E-state index contributed by atoms with van der Waals surface area (Å²) in [6, 6.07) is 0. The summed E-state index contributed by atoms with van der Waals surface area (Å²) in [6.07, 6.45) is 15.9. The zero-order valence-electron chi connectivity index (χ0n) is 22.8. The van der Waals surface area contributed by atoms with E-state index in [4.69, 9.17) is 0 Å². The van der Waals surface area contributed by atoms with Crippen molar-refractivity contribution >= 4 is 0 Å². The van der Waals surface area contributed by atoms with Crippen LogP contribution in [0.5, 0.6) is 0 Å². The number of allylic oxidation sites excluding steroid dienone is 3. The van der Waals surface area contributed by atoms with Gasteiger partial charge in [-0.25, -0.2) is 0 Å². The van der Waals surface area contributed by atoms with E-state index in [1.807, 2.05) is 13.8 Å². The summed E-state index contributed by atoms with van der Waals surface area (Å²) in [7, 11) is 0. The van der Waals surface area contributed by atoms with Crippen LogP contribution in [-0.2, 0) is 0 Å². The van der Waals surface area contributed by atoms with E-state index in [-0.39, 0.29) is 5.41 Å². The van der Waals surface area contributed by atoms with Crippen LogP contribution in [-0.4, -0.2) is 33.1 Å². The van der Waals surface area contributed by atoms with Crippen LogP contribution in [0, 0.1) is 40.4 Å². The van der Waals surface area contributed by atoms with Gasteiger partial charge in [-0.05, 0) is 93.8 Å². The third-order valence-corrected chi connectivity index (χ3v) is 11.2. The Bertz CT molecular complexity index is 791. The number of hydrogen-bond donors (Lipinski definition) is 3. The first-order valence-corrected chi connectivity index (χ1v) is 14.4. The van der Waals surface area contributed by atoms with E-state index >= 15 is 0 Å². The number of aliphatic hydroxyl groups excluding tert-OH is 2. The van der Waals surface area contributed by atoms with Crippen LogP contribution in [0.2, 0.25) is 0 Å². The maximum Gasteiger partial charge on any atom is 0.0661 e. The normalized spacial score (nSPS) is 41.6. The number of aliphatic hydroxyl groups is 3. The molecule has 0 spiro atoms. The third-order valence-electron chi connectivity index (χ3n) is 11.2. The molecule has 194 valence electrons. The molecule has 3 nitrogen and oxygen atoms in total. The van der Waals surface area contributed by atoms with Gasteiger partial charge in [-0.3, -0.25) is 0 Å². The van der Waals surface area contributed by atoms with Gasteiger partial charge in [0, 0.05) is 11.8 Å². The van der Waals surface area contributed by atoms with Gasteiger partial charge in [-0.2, -0.15) is 0 Å². The van der Waals surface area contributed by atoms with Crippen molar-refractivity contribution < 1.29 is 15.3 Å². The Morgan fingerprint density at radius 2 is 1.79 bits per heavy atom. The first-order chi connectivity index (χ1) is 15.9. The summed E-state index contributed by atoms with van der Waals surface area (Å²) < 4.78 is 0. The van der Waals surface area contributed by atoms with Crippen LogP contribution >= 0.6 is 0 Å². The minimum atomic E-state index is -0.578. The molecule has 9 atom stereocenters. The van der Waals surface area contributed by atoms with Gasteiger partial charge in [0.15, 0.2) is 0 Å². The lowest BCUT2D eigenvalue weighted by Gasteiger charge is -2.56. The molecule has 0 bridgehead atoms. The quantitative estimate of drug-likeness (QED) is 0.363. The number of unbranched alkanes of at least 4 members (excludes halogenated alkanes) is 1. The average molecular weight is 473 g/mol. The molecular formula is C31H52O3. The predicted molar refractivity (Wildman–Crippen MR) is 140 cm³/mol. The summed E-state index contributed by atoms with van der Waals surface area (Å²) in [4.78, 5) is 0. The fourth-order valence-corrected chi connectivity index (χ4v) is 8.96. The molecule has 4 aliphatic carbocycles. The Labute approximate surface area is 209 Å². The Balaban J connectivity index is 1.57. The fourth-order valence-electron chi connectivity index (χ4n) is 8.96. The standard InChI is InChI=1S/C31H52O3/c1-7-8-9-21(14-16-29(3,4)34)20(2)25-12-13-26-24-11-10-22-18-23(32)19-28(33)31(22,6)27(24)15-17-30(25,26)5/h10-11,20-21,23,25-28,32-34H,7-9,12-19H2,1-6H3/t20-,21-,23+,25+,26-,27?,28-,30+,31-/m0/s1. The largest absolute Gasteiger partial charge is 0.393 e. The van der Waals surface area contributed by atoms with Crippen LogP contribution in [0.1, 0.15) is 112 Å². The Morgan fingerprint density at radius 3 is 2.47 bits per heavy atom. The molecule has 0 saturated heterocycles. The first kappa shape index (κ1) is 26.4. The molecule has 0 aromatic heterocycles. The second-order valence-electron chi connectivity index (χ2n) is 13.7. The second kappa shape index (κ2) is 9.67. The van der Waals surface area contributed by atoms with E-state index in [9.17, 15) is 15.3 Å². The molecule has 3 saturated carbocycles. The summed E-state index contributed by atoms with van der Waals surface area (Å²) in [5.41, 5.74) is 2.43. The van der Waals surface area contributed by atoms with Crippen LogP contribution in [0.15, 0.2) is 23.3 Å². The molecule has 3 N–H and O–H groups in total. The Hall–Kier alpha value is -0.640. The molecule has 3 fully saturated rings. The van der Waals surface area contributed by atoms with Crippen LogP contribution in [0.25, 0.3) is 0 Å². The van der Waals surface area contributed by atoms with Crippen molar-refractivity contribution in [3.63, 3.8) is 0 Å². The Morgan fingerprint density at radius 1 is 1.06 bits per heavy atom. The molecule has 0 aromatic rings. The zero-order chi connectivity index (χ0) is 24.9. The van der Waals surface area contributed by atoms with Gasteiger partial charge in [0.1, 0.15) is 0 Å².